The molecule has 1 aliphatic carbocycles. The number of halogens is 1. The van der Waals surface area contributed by atoms with Gasteiger partial charge in [-0.3, -0.25) is 4.79 Å². The highest BCUT2D eigenvalue weighted by molar-refractivity contribution is 5.78. The van der Waals surface area contributed by atoms with Crippen molar-refractivity contribution >= 4 is 5.91 Å². The Morgan fingerprint density at radius 3 is 2.83 bits per heavy atom. The molecule has 0 saturated heterocycles. The molecule has 1 amide bonds. The molecule has 0 unspecified atom stereocenters. The first-order chi connectivity index (χ1) is 11.2. The molecule has 2 aromatic carbocycles. The third kappa shape index (κ3) is 4.09. The number of rotatable bonds is 6. The summed E-state index contributed by atoms with van der Waals surface area (Å²) in [5.41, 5.74) is 3.19. The fourth-order valence-electron chi connectivity index (χ4n) is 2.87. The summed E-state index contributed by atoms with van der Waals surface area (Å²) in [6.07, 6.45) is 3.53. The van der Waals surface area contributed by atoms with E-state index in [4.69, 9.17) is 4.74 Å². The summed E-state index contributed by atoms with van der Waals surface area (Å²) in [4.78, 5) is 11.8. The van der Waals surface area contributed by atoms with Crippen molar-refractivity contribution in [2.75, 3.05) is 13.2 Å². The molecular formula is C19H20FNO2. The molecule has 0 aliphatic heterocycles. The fourth-order valence-corrected chi connectivity index (χ4v) is 2.87. The van der Waals surface area contributed by atoms with Gasteiger partial charge < -0.3 is 10.1 Å². The number of amides is 1. The summed E-state index contributed by atoms with van der Waals surface area (Å²) in [7, 11) is 0. The Balaban J connectivity index is 1.41. The van der Waals surface area contributed by atoms with Gasteiger partial charge in [0.2, 0.25) is 5.91 Å². The van der Waals surface area contributed by atoms with Crippen molar-refractivity contribution in [1.29, 1.82) is 0 Å². The molecule has 120 valence electrons. The van der Waals surface area contributed by atoms with Crippen molar-refractivity contribution < 1.29 is 13.9 Å². The molecule has 3 rings (SSSR count). The molecule has 0 spiro atoms. The molecule has 23 heavy (non-hydrogen) atoms. The van der Waals surface area contributed by atoms with Crippen LogP contribution in [0.3, 0.4) is 0 Å². The lowest BCUT2D eigenvalue weighted by atomic mass is 10.1. The van der Waals surface area contributed by atoms with Crippen LogP contribution in [-0.2, 0) is 24.1 Å². The zero-order valence-electron chi connectivity index (χ0n) is 13.0. The third-order valence-electron chi connectivity index (χ3n) is 4.07. The lowest BCUT2D eigenvalue weighted by molar-refractivity contribution is -0.120. The second kappa shape index (κ2) is 7.27. The van der Waals surface area contributed by atoms with E-state index < -0.39 is 0 Å². The molecule has 0 atom stereocenters. The van der Waals surface area contributed by atoms with Gasteiger partial charge >= 0.3 is 0 Å². The molecule has 4 heteroatoms. The van der Waals surface area contributed by atoms with Gasteiger partial charge in [0.1, 0.15) is 18.2 Å². The van der Waals surface area contributed by atoms with E-state index in [0.29, 0.717) is 18.7 Å². The van der Waals surface area contributed by atoms with Gasteiger partial charge in [0.25, 0.3) is 0 Å². The van der Waals surface area contributed by atoms with Crippen molar-refractivity contribution in [3.05, 3.63) is 65.0 Å². The van der Waals surface area contributed by atoms with E-state index in [1.165, 1.54) is 23.6 Å². The van der Waals surface area contributed by atoms with Gasteiger partial charge in [0.15, 0.2) is 0 Å². The highest BCUT2D eigenvalue weighted by Crippen LogP contribution is 2.25. The van der Waals surface area contributed by atoms with E-state index in [0.717, 1.165) is 18.6 Å². The largest absolute Gasteiger partial charge is 0.492 e. The maximum atomic E-state index is 13.5. The van der Waals surface area contributed by atoms with E-state index in [-0.39, 0.29) is 18.1 Å². The normalized spacial score (nSPS) is 12.7. The van der Waals surface area contributed by atoms with Crippen LogP contribution in [0.5, 0.6) is 5.75 Å². The Bertz CT molecular complexity index is 700. The maximum absolute atomic E-state index is 13.5. The van der Waals surface area contributed by atoms with Gasteiger partial charge in [0, 0.05) is 0 Å². The van der Waals surface area contributed by atoms with E-state index in [1.54, 1.807) is 18.2 Å². The van der Waals surface area contributed by atoms with E-state index >= 15 is 0 Å². The van der Waals surface area contributed by atoms with Gasteiger partial charge in [-0.1, -0.05) is 24.3 Å². The lowest BCUT2D eigenvalue weighted by Crippen LogP contribution is -2.29. The van der Waals surface area contributed by atoms with Crippen LogP contribution in [0.2, 0.25) is 0 Å². The number of ether oxygens (including phenoxy) is 1. The van der Waals surface area contributed by atoms with Crippen molar-refractivity contribution in [2.45, 2.75) is 25.7 Å². The minimum atomic E-state index is -0.350. The summed E-state index contributed by atoms with van der Waals surface area (Å²) in [5, 5.41) is 2.75. The van der Waals surface area contributed by atoms with E-state index in [1.807, 2.05) is 6.07 Å². The molecule has 0 radical (unpaired) electrons. The van der Waals surface area contributed by atoms with Gasteiger partial charge in [-0.25, -0.2) is 4.39 Å². The highest BCUT2D eigenvalue weighted by Gasteiger charge is 2.11. The SMILES string of the molecule is O=C(Cc1ccccc1F)NCCOc1ccc2c(c1)CCC2. The molecular weight excluding hydrogens is 293 g/mol. The summed E-state index contributed by atoms with van der Waals surface area (Å²) < 4.78 is 19.1. The molecule has 0 heterocycles. The van der Waals surface area contributed by atoms with E-state index in [2.05, 4.69) is 17.4 Å². The van der Waals surface area contributed by atoms with Crippen LogP contribution in [0.15, 0.2) is 42.5 Å². The topological polar surface area (TPSA) is 38.3 Å². The number of carbonyl (C=O) groups excluding carboxylic acids is 1. The Kier molecular flexibility index (Phi) is 4.91. The smallest absolute Gasteiger partial charge is 0.224 e. The van der Waals surface area contributed by atoms with Crippen LogP contribution in [0, 0.1) is 5.82 Å². The Morgan fingerprint density at radius 1 is 1.13 bits per heavy atom. The van der Waals surface area contributed by atoms with Crippen molar-refractivity contribution in [2.24, 2.45) is 0 Å². The average Bonchev–Trinajstić information content (AvgIpc) is 3.01. The second-order valence-corrected chi connectivity index (χ2v) is 5.75. The first-order valence-electron chi connectivity index (χ1n) is 7.97. The van der Waals surface area contributed by atoms with Gasteiger partial charge in [0.05, 0.1) is 13.0 Å². The van der Waals surface area contributed by atoms with Gasteiger partial charge in [-0.15, -0.1) is 0 Å². The molecule has 0 bridgehead atoms. The van der Waals surface area contributed by atoms with Crippen molar-refractivity contribution in [1.82, 2.24) is 5.32 Å². The second-order valence-electron chi connectivity index (χ2n) is 5.75. The van der Waals surface area contributed by atoms with Gasteiger partial charge in [-0.2, -0.15) is 0 Å². The van der Waals surface area contributed by atoms with Crippen LogP contribution in [0.25, 0.3) is 0 Å². The number of fused-ring (bicyclic) bond motifs is 1. The fraction of sp³-hybridized carbons (Fsp3) is 0.316. The Morgan fingerprint density at radius 2 is 1.96 bits per heavy atom. The lowest BCUT2D eigenvalue weighted by Gasteiger charge is -2.09. The molecule has 0 saturated carbocycles. The maximum Gasteiger partial charge on any atom is 0.224 e. The Hall–Kier alpha value is -2.36. The highest BCUT2D eigenvalue weighted by atomic mass is 19.1. The summed E-state index contributed by atoms with van der Waals surface area (Å²) >= 11 is 0. The molecule has 0 fully saturated rings. The third-order valence-corrected chi connectivity index (χ3v) is 4.07. The van der Waals surface area contributed by atoms with E-state index in [9.17, 15) is 9.18 Å². The zero-order chi connectivity index (χ0) is 16.1. The van der Waals surface area contributed by atoms with Crippen LogP contribution in [-0.4, -0.2) is 19.1 Å². The minimum absolute atomic E-state index is 0.0471. The predicted octanol–water partition coefficient (Wildman–Crippen LogP) is 3.05. The number of hydrogen-bond donors (Lipinski definition) is 1. The quantitative estimate of drug-likeness (QED) is 0.833. The molecule has 0 aromatic heterocycles. The molecule has 1 N–H and O–H groups in total. The van der Waals surface area contributed by atoms with Crippen LogP contribution < -0.4 is 10.1 Å². The first kappa shape index (κ1) is 15.5. The van der Waals surface area contributed by atoms with Crippen LogP contribution >= 0.6 is 0 Å². The average molecular weight is 313 g/mol. The molecule has 2 aromatic rings. The molecule has 1 aliphatic rings. The summed E-state index contributed by atoms with van der Waals surface area (Å²) in [6, 6.07) is 12.5. The standard InChI is InChI=1S/C19H20FNO2/c20-18-7-2-1-4-16(18)13-19(22)21-10-11-23-17-9-8-14-5-3-6-15(14)12-17/h1-2,4,7-9,12H,3,5-6,10-11,13H2,(H,21,22). The summed E-state index contributed by atoms with van der Waals surface area (Å²) in [6.45, 7) is 0.812. The van der Waals surface area contributed by atoms with Crippen molar-refractivity contribution in [3.63, 3.8) is 0 Å². The monoisotopic (exact) mass is 313 g/mol. The van der Waals surface area contributed by atoms with Crippen LogP contribution in [0.4, 0.5) is 4.39 Å². The predicted molar refractivity (Wildman–Crippen MR) is 87.1 cm³/mol. The number of hydrogen-bond acceptors (Lipinski definition) is 2. The number of benzene rings is 2. The first-order valence-corrected chi connectivity index (χ1v) is 7.97. The number of nitrogens with one attached hydrogen (secondary N) is 1. The number of aryl methyl sites for hydroxylation is 2. The zero-order valence-corrected chi connectivity index (χ0v) is 13.0. The molecule has 3 nitrogen and oxygen atoms in total. The Labute approximate surface area is 135 Å². The summed E-state index contributed by atoms with van der Waals surface area (Å²) in [5.74, 6) is 0.290. The van der Waals surface area contributed by atoms with Crippen LogP contribution in [0.1, 0.15) is 23.1 Å². The minimum Gasteiger partial charge on any atom is -0.492 e. The number of carbonyl (C=O) groups is 1. The van der Waals surface area contributed by atoms with Gasteiger partial charge in [-0.05, 0) is 54.2 Å². The van der Waals surface area contributed by atoms with Crippen molar-refractivity contribution in [3.8, 4) is 5.75 Å².